The number of aromatic hydroxyl groups is 1. The molecule has 0 saturated heterocycles. The van der Waals surface area contributed by atoms with Crippen molar-refractivity contribution in [3.63, 3.8) is 0 Å². The van der Waals surface area contributed by atoms with Crippen LogP contribution in [0.5, 0.6) is 5.75 Å². The average Bonchev–Trinajstić information content (AvgIpc) is 2.20. The smallest absolute Gasteiger partial charge is 0.141 e. The fourth-order valence-electron chi connectivity index (χ4n) is 1.09. The van der Waals surface area contributed by atoms with Crippen LogP contribution < -0.4 is 0 Å². The Kier molecular flexibility index (Phi) is 7.48. The van der Waals surface area contributed by atoms with E-state index >= 15 is 0 Å². The van der Waals surface area contributed by atoms with Crippen LogP contribution in [0.2, 0.25) is 0 Å². The third kappa shape index (κ3) is 4.24. The summed E-state index contributed by atoms with van der Waals surface area (Å²) in [6.45, 7) is 0. The van der Waals surface area contributed by atoms with Gasteiger partial charge in [-0.15, -0.1) is 0 Å². The van der Waals surface area contributed by atoms with Crippen molar-refractivity contribution in [1.82, 2.24) is 4.98 Å². The van der Waals surface area contributed by atoms with Gasteiger partial charge in [-0.1, -0.05) is 18.2 Å². The minimum absolute atomic E-state index is 0. The van der Waals surface area contributed by atoms with Gasteiger partial charge in [-0.25, -0.2) is 0 Å². The maximum Gasteiger partial charge on any atom is 0.141 e. The molecule has 1 aromatic carbocycles. The number of hydrogen-bond donors (Lipinski definition) is 1. The number of aromatic nitrogens is 1. The fourth-order valence-corrected chi connectivity index (χ4v) is 1.09. The average molecular weight is 311 g/mol. The number of para-hydroxylation sites is 1. The van der Waals surface area contributed by atoms with Gasteiger partial charge in [0.2, 0.25) is 0 Å². The van der Waals surface area contributed by atoms with Crippen LogP contribution in [0.15, 0.2) is 36.5 Å². The van der Waals surface area contributed by atoms with Crippen LogP contribution in [0.4, 0.5) is 0 Å². The maximum atomic E-state index is 9.31. The molecule has 1 heterocycles. The van der Waals surface area contributed by atoms with Crippen molar-refractivity contribution in [3.8, 4) is 5.75 Å². The Hall–Kier alpha value is -0.511. The standard InChI is InChI=1S/C9H7NO.Cl2O.Se/c11-8-5-1-3-7-4-2-6-10-9(7)8;1-3-2;/h1-6,11H;;. The summed E-state index contributed by atoms with van der Waals surface area (Å²) in [4.78, 5) is 4.03. The zero-order chi connectivity index (χ0) is 10.4. The van der Waals surface area contributed by atoms with Crippen LogP contribution in [0.1, 0.15) is 0 Å². The number of nitrogens with zero attached hydrogens (tertiary/aromatic N) is 1. The van der Waals surface area contributed by atoms with Crippen molar-refractivity contribution >= 4 is 51.7 Å². The molecule has 0 amide bonds. The summed E-state index contributed by atoms with van der Waals surface area (Å²) in [5.41, 5.74) is 0.662. The first-order chi connectivity index (χ1) is 6.79. The Morgan fingerprint density at radius 3 is 2.33 bits per heavy atom. The van der Waals surface area contributed by atoms with Gasteiger partial charge >= 0.3 is 0 Å². The normalized spacial score (nSPS) is 8.67. The molecule has 0 unspecified atom stereocenters. The van der Waals surface area contributed by atoms with E-state index < -0.39 is 0 Å². The summed E-state index contributed by atoms with van der Waals surface area (Å²) in [6.07, 6.45) is 1.67. The number of benzene rings is 1. The van der Waals surface area contributed by atoms with Crippen LogP contribution >= 0.6 is 23.7 Å². The molecule has 2 aromatic rings. The third-order valence-corrected chi connectivity index (χ3v) is 1.61. The van der Waals surface area contributed by atoms with Gasteiger partial charge < -0.3 is 5.11 Å². The summed E-state index contributed by atoms with van der Waals surface area (Å²) in [5, 5.41) is 10.3. The Bertz CT molecular complexity index is 409. The molecule has 0 saturated carbocycles. The van der Waals surface area contributed by atoms with E-state index in [-0.39, 0.29) is 22.8 Å². The first-order valence-corrected chi connectivity index (χ1v) is 4.33. The van der Waals surface area contributed by atoms with Crippen LogP contribution in [-0.2, 0) is 3.84 Å². The molecular weight excluding hydrogens is 304 g/mol. The van der Waals surface area contributed by atoms with Crippen molar-refractivity contribution in [2.45, 2.75) is 0 Å². The van der Waals surface area contributed by atoms with E-state index in [1.807, 2.05) is 18.2 Å². The van der Waals surface area contributed by atoms with Crippen LogP contribution in [0.25, 0.3) is 10.9 Å². The minimum atomic E-state index is 0. The van der Waals surface area contributed by atoms with Gasteiger partial charge in [-0.05, 0) is 12.1 Å². The molecule has 0 aliphatic carbocycles. The Labute approximate surface area is 108 Å². The summed E-state index contributed by atoms with van der Waals surface area (Å²) in [7, 11) is 0. The molecule has 2 rings (SSSR count). The molecule has 6 heteroatoms. The molecular formula is C9H7Cl2NO2Se. The number of phenols is 1. The van der Waals surface area contributed by atoms with Gasteiger partial charge in [0.1, 0.15) is 11.3 Å². The molecule has 0 atom stereocenters. The molecule has 0 fully saturated rings. The van der Waals surface area contributed by atoms with Gasteiger partial charge in [-0.3, -0.25) is 4.98 Å². The van der Waals surface area contributed by atoms with Crippen molar-refractivity contribution in [1.29, 1.82) is 0 Å². The number of rotatable bonds is 0. The second-order valence-electron chi connectivity index (χ2n) is 2.41. The quantitative estimate of drug-likeness (QED) is 0.761. The summed E-state index contributed by atoms with van der Waals surface area (Å²) in [5.74, 6) is 0.239. The Morgan fingerprint density at radius 2 is 1.73 bits per heavy atom. The van der Waals surface area contributed by atoms with Gasteiger partial charge in [0, 0.05) is 28.7 Å². The number of hydrogen-bond acceptors (Lipinski definition) is 3. The molecule has 1 N–H and O–H groups in total. The number of pyridine rings is 1. The molecule has 0 spiro atoms. The largest absolute Gasteiger partial charge is 0.506 e. The summed E-state index contributed by atoms with van der Waals surface area (Å²) >= 11 is 8.53. The van der Waals surface area contributed by atoms with Crippen molar-refractivity contribution < 1.29 is 8.95 Å². The van der Waals surface area contributed by atoms with E-state index in [2.05, 4.69) is 32.6 Å². The maximum absolute atomic E-state index is 9.31. The fraction of sp³-hybridized carbons (Fsp3) is 0. The topological polar surface area (TPSA) is 42.4 Å². The van der Waals surface area contributed by atoms with Gasteiger partial charge in [0.05, 0.1) is 23.7 Å². The first kappa shape index (κ1) is 14.5. The Balaban J connectivity index is 0.000000443. The van der Waals surface area contributed by atoms with Crippen molar-refractivity contribution in [3.05, 3.63) is 36.5 Å². The predicted molar refractivity (Wildman–Crippen MR) is 62.0 cm³/mol. The number of fused-ring (bicyclic) bond motifs is 1. The predicted octanol–water partition coefficient (Wildman–Crippen LogP) is 2.87. The van der Waals surface area contributed by atoms with Crippen LogP contribution in [0, 0.1) is 0 Å². The monoisotopic (exact) mass is 311 g/mol. The second kappa shape index (κ2) is 7.74. The molecule has 15 heavy (non-hydrogen) atoms. The molecule has 0 aliphatic rings. The zero-order valence-electron chi connectivity index (χ0n) is 7.43. The molecule has 0 aliphatic heterocycles. The molecule has 3 nitrogen and oxygen atoms in total. The number of phenolic OH excluding ortho intramolecular Hbond substituents is 1. The minimum Gasteiger partial charge on any atom is -0.506 e. The van der Waals surface area contributed by atoms with Gasteiger partial charge in [0.25, 0.3) is 0 Å². The zero-order valence-corrected chi connectivity index (χ0v) is 10.7. The number of halogens is 2. The molecule has 0 bridgehead atoms. The van der Waals surface area contributed by atoms with Crippen LogP contribution in [-0.4, -0.2) is 27.2 Å². The summed E-state index contributed by atoms with van der Waals surface area (Å²) in [6, 6.07) is 9.13. The first-order valence-electron chi connectivity index (χ1n) is 3.71. The van der Waals surface area contributed by atoms with E-state index in [4.69, 9.17) is 0 Å². The van der Waals surface area contributed by atoms with E-state index in [0.717, 1.165) is 5.39 Å². The van der Waals surface area contributed by atoms with Gasteiger partial charge in [-0.2, -0.15) is 3.84 Å². The van der Waals surface area contributed by atoms with Crippen LogP contribution in [0.3, 0.4) is 0 Å². The van der Waals surface area contributed by atoms with E-state index in [9.17, 15) is 5.11 Å². The second-order valence-corrected chi connectivity index (χ2v) is 2.88. The summed E-state index contributed by atoms with van der Waals surface area (Å²) < 4.78 is 3.19. The Morgan fingerprint density at radius 1 is 1.13 bits per heavy atom. The van der Waals surface area contributed by atoms with E-state index in [1.54, 1.807) is 18.3 Å². The molecule has 80 valence electrons. The molecule has 1 aromatic heterocycles. The van der Waals surface area contributed by atoms with E-state index in [0.29, 0.717) is 5.52 Å². The third-order valence-electron chi connectivity index (χ3n) is 1.61. The SMILES string of the molecule is ClOCl.Oc1cccc2cccnc12.[Se]. The van der Waals surface area contributed by atoms with Crippen molar-refractivity contribution in [2.24, 2.45) is 0 Å². The van der Waals surface area contributed by atoms with E-state index in [1.165, 1.54) is 0 Å². The molecule has 2 radical (unpaired) electrons. The van der Waals surface area contributed by atoms with Crippen molar-refractivity contribution in [2.75, 3.05) is 0 Å². The van der Waals surface area contributed by atoms with Gasteiger partial charge in [0.15, 0.2) is 0 Å².